The zero-order valence-corrected chi connectivity index (χ0v) is 9.08. The van der Waals surface area contributed by atoms with Gasteiger partial charge in [-0.25, -0.2) is 0 Å². The molecule has 1 atom stereocenters. The summed E-state index contributed by atoms with van der Waals surface area (Å²) in [4.78, 5) is 5.01. The molecule has 0 aliphatic carbocycles. The highest BCUT2D eigenvalue weighted by Crippen LogP contribution is 2.30. The van der Waals surface area contributed by atoms with Crippen molar-refractivity contribution in [1.29, 1.82) is 0 Å². The van der Waals surface area contributed by atoms with Gasteiger partial charge in [0.15, 0.2) is 0 Å². The van der Waals surface area contributed by atoms with Crippen LogP contribution in [0, 0.1) is 0 Å². The average molecular weight is 224 g/mol. The van der Waals surface area contributed by atoms with E-state index in [9.17, 15) is 0 Å². The van der Waals surface area contributed by atoms with E-state index < -0.39 is 0 Å². The Morgan fingerprint density at radius 2 is 2.53 bits per heavy atom. The van der Waals surface area contributed by atoms with E-state index in [0.29, 0.717) is 5.96 Å². The number of guanidine groups is 1. The topological polar surface area (TPSA) is 69.5 Å². The van der Waals surface area contributed by atoms with Gasteiger partial charge in [0, 0.05) is 30.4 Å². The van der Waals surface area contributed by atoms with Gasteiger partial charge < -0.3 is 15.7 Å². The second-order valence-corrected chi connectivity index (χ2v) is 4.06. The first kappa shape index (κ1) is 10.3. The molecule has 1 aromatic heterocycles. The third-order valence-electron chi connectivity index (χ3n) is 1.93. The van der Waals surface area contributed by atoms with Crippen LogP contribution in [-0.4, -0.2) is 28.7 Å². The minimum Gasteiger partial charge on any atom is -0.394 e. The molecule has 0 fully saturated rings. The van der Waals surface area contributed by atoms with Crippen molar-refractivity contribution in [3.8, 4) is 0 Å². The van der Waals surface area contributed by atoms with E-state index in [-0.39, 0.29) is 12.6 Å². The maximum Gasteiger partial charge on any atom is 0.208 e. The zero-order chi connectivity index (χ0) is 10.7. The van der Waals surface area contributed by atoms with Crippen LogP contribution in [0.3, 0.4) is 0 Å². The molecule has 80 valence electrons. The monoisotopic (exact) mass is 224 g/mol. The third-order valence-corrected chi connectivity index (χ3v) is 2.73. The molecular weight excluding hydrogens is 212 g/mol. The van der Waals surface area contributed by atoms with Crippen LogP contribution in [0.1, 0.15) is 6.92 Å². The largest absolute Gasteiger partial charge is 0.394 e. The predicted octanol–water partition coefficient (Wildman–Crippen LogP) is 0.841. The fourth-order valence-corrected chi connectivity index (χ4v) is 1.76. The van der Waals surface area contributed by atoms with Gasteiger partial charge in [-0.05, 0) is 13.0 Å². The van der Waals surface area contributed by atoms with Crippen LogP contribution in [0.15, 0.2) is 27.8 Å². The number of aromatic nitrogens is 1. The highest BCUT2D eigenvalue weighted by Gasteiger charge is 2.13. The zero-order valence-electron chi connectivity index (χ0n) is 8.27. The molecular formula is C9H12N4OS. The SMILES string of the molecule is CC(CO)NC1=NSc2cnccc2N1. The Morgan fingerprint density at radius 3 is 3.33 bits per heavy atom. The number of hydrogen-bond acceptors (Lipinski definition) is 6. The molecule has 0 aromatic carbocycles. The normalized spacial score (nSPS) is 16.0. The van der Waals surface area contributed by atoms with E-state index >= 15 is 0 Å². The van der Waals surface area contributed by atoms with Gasteiger partial charge in [0.2, 0.25) is 5.96 Å². The summed E-state index contributed by atoms with van der Waals surface area (Å²) >= 11 is 1.37. The van der Waals surface area contributed by atoms with Crippen molar-refractivity contribution in [3.63, 3.8) is 0 Å². The molecule has 0 amide bonds. The molecule has 0 saturated carbocycles. The number of hydrogen-bond donors (Lipinski definition) is 3. The predicted molar refractivity (Wildman–Crippen MR) is 60.8 cm³/mol. The number of anilines is 1. The molecule has 1 aliphatic heterocycles. The van der Waals surface area contributed by atoms with Crippen LogP contribution in [-0.2, 0) is 0 Å². The fourth-order valence-electron chi connectivity index (χ4n) is 1.14. The summed E-state index contributed by atoms with van der Waals surface area (Å²) in [6.07, 6.45) is 3.49. The summed E-state index contributed by atoms with van der Waals surface area (Å²) < 4.78 is 4.22. The Balaban J connectivity index is 2.06. The maximum absolute atomic E-state index is 8.90. The van der Waals surface area contributed by atoms with E-state index in [1.165, 1.54) is 11.9 Å². The van der Waals surface area contributed by atoms with Crippen molar-refractivity contribution in [3.05, 3.63) is 18.5 Å². The number of nitrogens with zero attached hydrogens (tertiary/aromatic N) is 2. The van der Waals surface area contributed by atoms with Crippen molar-refractivity contribution in [1.82, 2.24) is 10.3 Å². The first-order valence-electron chi connectivity index (χ1n) is 4.63. The molecule has 2 heterocycles. The maximum atomic E-state index is 8.90. The second-order valence-electron chi connectivity index (χ2n) is 3.26. The Hall–Kier alpha value is -1.27. The van der Waals surface area contributed by atoms with Crippen molar-refractivity contribution in [2.24, 2.45) is 4.40 Å². The van der Waals surface area contributed by atoms with Gasteiger partial charge in [0.1, 0.15) is 0 Å². The molecule has 0 radical (unpaired) electrons. The lowest BCUT2D eigenvalue weighted by Gasteiger charge is -2.20. The number of pyridine rings is 1. The van der Waals surface area contributed by atoms with Crippen LogP contribution in [0.25, 0.3) is 0 Å². The average Bonchev–Trinajstić information content (AvgIpc) is 2.29. The van der Waals surface area contributed by atoms with E-state index in [0.717, 1.165) is 10.6 Å². The molecule has 0 saturated heterocycles. The Bertz CT molecular complexity index is 382. The molecule has 2 rings (SSSR count). The lowest BCUT2D eigenvalue weighted by atomic mass is 10.3. The molecule has 0 spiro atoms. The van der Waals surface area contributed by atoms with Gasteiger partial charge in [-0.15, -0.1) is 0 Å². The number of rotatable bonds is 2. The number of aliphatic hydroxyl groups excluding tert-OH is 1. The van der Waals surface area contributed by atoms with Crippen molar-refractivity contribution in [2.45, 2.75) is 17.9 Å². The van der Waals surface area contributed by atoms with Crippen molar-refractivity contribution >= 4 is 23.6 Å². The van der Waals surface area contributed by atoms with E-state index in [1.807, 2.05) is 13.0 Å². The standard InChI is InChI=1S/C9H12N4OS/c1-6(5-14)11-9-12-7-2-3-10-4-8(7)15-13-9/h2-4,6,14H,5H2,1H3,(H2,11,12,13). The summed E-state index contributed by atoms with van der Waals surface area (Å²) in [7, 11) is 0. The van der Waals surface area contributed by atoms with Gasteiger partial charge in [-0.3, -0.25) is 4.98 Å². The molecule has 1 aliphatic rings. The molecule has 1 aromatic rings. The number of fused-ring (bicyclic) bond motifs is 1. The van der Waals surface area contributed by atoms with E-state index in [2.05, 4.69) is 20.0 Å². The summed E-state index contributed by atoms with van der Waals surface area (Å²) in [5.41, 5.74) is 0.984. The Labute approximate surface area is 92.2 Å². The van der Waals surface area contributed by atoms with E-state index in [1.54, 1.807) is 12.4 Å². The van der Waals surface area contributed by atoms with Gasteiger partial charge in [0.25, 0.3) is 0 Å². The minimum absolute atomic E-state index is 0.0137. The smallest absolute Gasteiger partial charge is 0.208 e. The quantitative estimate of drug-likeness (QED) is 0.649. The number of nitrogens with one attached hydrogen (secondary N) is 2. The lowest BCUT2D eigenvalue weighted by molar-refractivity contribution is 0.264. The van der Waals surface area contributed by atoms with Gasteiger partial charge in [0.05, 0.1) is 17.2 Å². The van der Waals surface area contributed by atoms with Crippen LogP contribution in [0.5, 0.6) is 0 Å². The van der Waals surface area contributed by atoms with Gasteiger partial charge in [-0.2, -0.15) is 4.40 Å². The summed E-state index contributed by atoms with van der Waals surface area (Å²) in [5, 5.41) is 15.1. The minimum atomic E-state index is -0.0137. The first-order valence-corrected chi connectivity index (χ1v) is 5.40. The van der Waals surface area contributed by atoms with Crippen LogP contribution < -0.4 is 10.6 Å². The molecule has 3 N–H and O–H groups in total. The van der Waals surface area contributed by atoms with Gasteiger partial charge in [-0.1, -0.05) is 0 Å². The third kappa shape index (κ3) is 2.40. The van der Waals surface area contributed by atoms with Crippen LogP contribution in [0.4, 0.5) is 5.69 Å². The molecule has 6 heteroatoms. The Morgan fingerprint density at radius 1 is 1.67 bits per heavy atom. The molecule has 5 nitrogen and oxygen atoms in total. The van der Waals surface area contributed by atoms with Gasteiger partial charge >= 0.3 is 0 Å². The molecule has 0 bridgehead atoms. The first-order chi connectivity index (χ1) is 7.29. The van der Waals surface area contributed by atoms with Crippen molar-refractivity contribution < 1.29 is 5.11 Å². The molecule has 15 heavy (non-hydrogen) atoms. The summed E-state index contributed by atoms with van der Waals surface area (Å²) in [5.74, 6) is 0.667. The highest BCUT2D eigenvalue weighted by molar-refractivity contribution is 7.98. The van der Waals surface area contributed by atoms with Crippen molar-refractivity contribution in [2.75, 3.05) is 11.9 Å². The molecule has 1 unspecified atom stereocenters. The van der Waals surface area contributed by atoms with Crippen LogP contribution >= 0.6 is 11.9 Å². The van der Waals surface area contributed by atoms with Crippen LogP contribution in [0.2, 0.25) is 0 Å². The second kappa shape index (κ2) is 4.50. The lowest BCUT2D eigenvalue weighted by Crippen LogP contribution is -2.40. The van der Waals surface area contributed by atoms with E-state index in [4.69, 9.17) is 5.11 Å². The number of aliphatic hydroxyl groups is 1. The highest BCUT2D eigenvalue weighted by atomic mass is 32.2. The fraction of sp³-hybridized carbons (Fsp3) is 0.333. The summed E-state index contributed by atoms with van der Waals surface area (Å²) in [6.45, 7) is 1.96. The summed E-state index contributed by atoms with van der Waals surface area (Å²) in [6, 6.07) is 1.88. The Kier molecular flexibility index (Phi) is 3.08.